The molecule has 6 nitrogen and oxygen atoms in total. The van der Waals surface area contributed by atoms with Crippen LogP contribution in [0.4, 0.5) is 11.5 Å². The average Bonchev–Trinajstić information content (AvgIpc) is 2.69. The highest BCUT2D eigenvalue weighted by Crippen LogP contribution is 2.27. The van der Waals surface area contributed by atoms with Gasteiger partial charge in [0.2, 0.25) is 0 Å². The monoisotopic (exact) mass is 341 g/mol. The number of nitrogens with zero attached hydrogens (tertiary/aromatic N) is 3. The molecule has 4 aromatic rings. The lowest BCUT2D eigenvalue weighted by Crippen LogP contribution is -2.22. The minimum atomic E-state index is -1.22. The Morgan fingerprint density at radius 1 is 0.962 bits per heavy atom. The van der Waals surface area contributed by atoms with Crippen molar-refractivity contribution in [1.82, 2.24) is 15.0 Å². The van der Waals surface area contributed by atoms with Gasteiger partial charge in [-0.1, -0.05) is 24.3 Å². The van der Waals surface area contributed by atoms with Gasteiger partial charge in [0, 0.05) is 29.0 Å². The summed E-state index contributed by atoms with van der Waals surface area (Å²) in [7, 11) is 0. The van der Waals surface area contributed by atoms with E-state index < -0.39 is 5.97 Å². The Hall–Kier alpha value is -3.80. The van der Waals surface area contributed by atoms with Gasteiger partial charge < -0.3 is 15.2 Å². The number of pyridine rings is 1. The van der Waals surface area contributed by atoms with E-state index in [0.717, 1.165) is 16.5 Å². The van der Waals surface area contributed by atoms with Crippen LogP contribution in [0.5, 0.6) is 0 Å². The summed E-state index contributed by atoms with van der Waals surface area (Å²) in [6.45, 7) is 0. The van der Waals surface area contributed by atoms with Crippen molar-refractivity contribution in [3.63, 3.8) is 0 Å². The molecule has 0 unspecified atom stereocenters. The number of rotatable bonds is 4. The summed E-state index contributed by atoms with van der Waals surface area (Å²) < 4.78 is 0. The average molecular weight is 341 g/mol. The summed E-state index contributed by atoms with van der Waals surface area (Å²) >= 11 is 0. The molecule has 0 atom stereocenters. The number of carbonyl (C=O) groups excluding carboxylic acids is 1. The van der Waals surface area contributed by atoms with E-state index in [2.05, 4.69) is 20.3 Å². The van der Waals surface area contributed by atoms with Gasteiger partial charge in [0.05, 0.1) is 11.5 Å². The number of aromatic nitrogens is 3. The molecular formula is C20H13N4O2-. The number of aromatic carboxylic acids is 1. The van der Waals surface area contributed by atoms with Gasteiger partial charge in [-0.15, -0.1) is 0 Å². The first kappa shape index (κ1) is 15.7. The van der Waals surface area contributed by atoms with E-state index in [-0.39, 0.29) is 5.56 Å². The molecule has 0 saturated heterocycles. The van der Waals surface area contributed by atoms with Crippen LogP contribution in [0.3, 0.4) is 0 Å². The molecule has 1 N–H and O–H groups in total. The Morgan fingerprint density at radius 2 is 1.85 bits per heavy atom. The third-order valence-electron chi connectivity index (χ3n) is 3.88. The molecule has 2 heterocycles. The van der Waals surface area contributed by atoms with Gasteiger partial charge >= 0.3 is 0 Å². The first-order valence-corrected chi connectivity index (χ1v) is 7.96. The maximum absolute atomic E-state index is 11.1. The maximum Gasteiger partial charge on any atom is 0.163 e. The summed E-state index contributed by atoms with van der Waals surface area (Å²) in [5, 5.41) is 15.1. The molecule has 0 radical (unpaired) electrons. The number of hydrogen-bond donors (Lipinski definition) is 1. The zero-order valence-corrected chi connectivity index (χ0v) is 13.6. The van der Waals surface area contributed by atoms with Crippen molar-refractivity contribution < 1.29 is 9.90 Å². The molecule has 0 aliphatic heterocycles. The molecule has 2 aromatic heterocycles. The largest absolute Gasteiger partial charge is 0.545 e. The molecule has 0 bridgehead atoms. The van der Waals surface area contributed by atoms with E-state index in [1.165, 1.54) is 12.1 Å². The third-order valence-corrected chi connectivity index (χ3v) is 3.88. The Morgan fingerprint density at radius 3 is 2.65 bits per heavy atom. The summed E-state index contributed by atoms with van der Waals surface area (Å²) in [5.74, 6) is -0.0995. The number of anilines is 2. The van der Waals surface area contributed by atoms with Crippen LogP contribution in [0.1, 0.15) is 10.4 Å². The molecule has 4 rings (SSSR count). The Labute approximate surface area is 149 Å². The second-order valence-electron chi connectivity index (χ2n) is 5.65. The fourth-order valence-electron chi connectivity index (χ4n) is 2.66. The Balaban J connectivity index is 1.83. The van der Waals surface area contributed by atoms with Crippen LogP contribution in [0.15, 0.2) is 73.1 Å². The molecule has 0 aliphatic rings. The summed E-state index contributed by atoms with van der Waals surface area (Å²) in [5.41, 5.74) is 2.28. The van der Waals surface area contributed by atoms with Gasteiger partial charge in [0.15, 0.2) is 5.82 Å². The van der Waals surface area contributed by atoms with Crippen LogP contribution in [-0.2, 0) is 0 Å². The summed E-state index contributed by atoms with van der Waals surface area (Å²) in [4.78, 5) is 24.4. The number of para-hydroxylation sites is 1. The predicted octanol–water partition coefficient (Wildman–Crippen LogP) is 2.80. The second kappa shape index (κ2) is 6.60. The number of fused-ring (bicyclic) bond motifs is 1. The van der Waals surface area contributed by atoms with Gasteiger partial charge in [0.25, 0.3) is 0 Å². The van der Waals surface area contributed by atoms with E-state index >= 15 is 0 Å². The van der Waals surface area contributed by atoms with Crippen molar-refractivity contribution in [2.75, 3.05) is 5.32 Å². The highest BCUT2D eigenvalue weighted by molar-refractivity contribution is 5.93. The molecule has 126 valence electrons. The number of carbonyl (C=O) groups is 1. The van der Waals surface area contributed by atoms with Crippen LogP contribution < -0.4 is 10.4 Å². The molecule has 0 aliphatic carbocycles. The van der Waals surface area contributed by atoms with E-state index in [1.54, 1.807) is 24.5 Å². The van der Waals surface area contributed by atoms with Crippen molar-refractivity contribution in [3.05, 3.63) is 78.6 Å². The molecule has 26 heavy (non-hydrogen) atoms. The third kappa shape index (κ3) is 3.08. The van der Waals surface area contributed by atoms with E-state index in [0.29, 0.717) is 17.3 Å². The second-order valence-corrected chi connectivity index (χ2v) is 5.65. The Bertz CT molecular complexity index is 1100. The quantitative estimate of drug-likeness (QED) is 0.614. The standard InChI is InChI=1S/C20H14N4O2/c25-20(26)13-5-3-7-15(11-13)22-19-16-8-1-2-9-17(16)23-18(24-19)14-6-4-10-21-12-14/h1-12H,(H,25,26)(H,22,23,24)/p-1. The van der Waals surface area contributed by atoms with Gasteiger partial charge in [-0.3, -0.25) is 4.98 Å². The van der Waals surface area contributed by atoms with Gasteiger partial charge in [-0.2, -0.15) is 0 Å². The predicted molar refractivity (Wildman–Crippen MR) is 96.8 cm³/mol. The summed E-state index contributed by atoms with van der Waals surface area (Å²) in [6, 6.07) is 17.7. The van der Waals surface area contributed by atoms with Crippen LogP contribution >= 0.6 is 0 Å². The molecule has 0 amide bonds. The molecule has 2 aromatic carbocycles. The van der Waals surface area contributed by atoms with Gasteiger partial charge in [-0.25, -0.2) is 9.97 Å². The zero-order chi connectivity index (χ0) is 17.9. The lowest BCUT2D eigenvalue weighted by Gasteiger charge is -2.12. The van der Waals surface area contributed by atoms with Crippen molar-refractivity contribution in [1.29, 1.82) is 0 Å². The molecule has 0 spiro atoms. The zero-order valence-electron chi connectivity index (χ0n) is 13.6. The SMILES string of the molecule is O=C([O-])c1cccc(Nc2nc(-c3cccnc3)nc3ccccc23)c1. The lowest BCUT2D eigenvalue weighted by atomic mass is 10.2. The van der Waals surface area contributed by atoms with E-state index in [1.807, 2.05) is 36.4 Å². The first-order chi connectivity index (χ1) is 12.7. The van der Waals surface area contributed by atoms with Crippen LogP contribution in [-0.4, -0.2) is 20.9 Å². The fraction of sp³-hybridized carbons (Fsp3) is 0. The number of nitrogens with one attached hydrogen (secondary N) is 1. The lowest BCUT2D eigenvalue weighted by molar-refractivity contribution is -0.255. The van der Waals surface area contributed by atoms with Crippen LogP contribution in [0.25, 0.3) is 22.3 Å². The fourth-order valence-corrected chi connectivity index (χ4v) is 2.66. The van der Waals surface area contributed by atoms with Gasteiger partial charge in [0.1, 0.15) is 5.82 Å². The van der Waals surface area contributed by atoms with Crippen LogP contribution in [0.2, 0.25) is 0 Å². The number of carboxylic acid groups (broad SMARTS) is 1. The first-order valence-electron chi connectivity index (χ1n) is 7.96. The highest BCUT2D eigenvalue weighted by Gasteiger charge is 2.10. The van der Waals surface area contributed by atoms with Gasteiger partial charge in [-0.05, 0) is 42.0 Å². The number of benzene rings is 2. The van der Waals surface area contributed by atoms with E-state index in [9.17, 15) is 9.90 Å². The van der Waals surface area contributed by atoms with Crippen molar-refractivity contribution in [2.24, 2.45) is 0 Å². The molecule has 0 fully saturated rings. The minimum Gasteiger partial charge on any atom is -0.545 e. The van der Waals surface area contributed by atoms with Crippen LogP contribution in [0, 0.1) is 0 Å². The van der Waals surface area contributed by atoms with Crippen molar-refractivity contribution in [2.45, 2.75) is 0 Å². The number of carboxylic acids is 1. The molecule has 0 saturated carbocycles. The topological polar surface area (TPSA) is 90.8 Å². The van der Waals surface area contributed by atoms with Crippen molar-refractivity contribution in [3.8, 4) is 11.4 Å². The smallest absolute Gasteiger partial charge is 0.163 e. The number of hydrogen-bond acceptors (Lipinski definition) is 6. The van der Waals surface area contributed by atoms with E-state index in [4.69, 9.17) is 0 Å². The Kier molecular flexibility index (Phi) is 3.99. The molecule has 6 heteroatoms. The minimum absolute atomic E-state index is 0.0980. The maximum atomic E-state index is 11.1. The summed E-state index contributed by atoms with van der Waals surface area (Å²) in [6.07, 6.45) is 3.39. The van der Waals surface area contributed by atoms with Crippen molar-refractivity contribution >= 4 is 28.4 Å². The molecular weight excluding hydrogens is 328 g/mol. The highest BCUT2D eigenvalue weighted by atomic mass is 16.4. The normalized spacial score (nSPS) is 10.6.